The molecule has 0 unspecified atom stereocenters. The molecule has 2 aromatic rings. The van der Waals surface area contributed by atoms with Crippen molar-refractivity contribution in [3.63, 3.8) is 0 Å². The van der Waals surface area contributed by atoms with E-state index in [0.29, 0.717) is 17.7 Å². The maximum atomic E-state index is 12.2. The van der Waals surface area contributed by atoms with Crippen LogP contribution < -0.4 is 4.46 Å². The molecule has 24 heavy (non-hydrogen) atoms. The van der Waals surface area contributed by atoms with Gasteiger partial charge in [0.15, 0.2) is 0 Å². The molecule has 0 saturated carbocycles. The first-order chi connectivity index (χ1) is 11.8. The van der Waals surface area contributed by atoms with Gasteiger partial charge >= 0.3 is 148 Å². The first-order valence-corrected chi connectivity index (χ1v) is 9.63. The molecule has 2 amide bonds. The molecular formula is C20H17NO2Se. The van der Waals surface area contributed by atoms with Crippen molar-refractivity contribution in [2.24, 2.45) is 0 Å². The molecule has 3 rings (SSSR count). The van der Waals surface area contributed by atoms with E-state index in [1.807, 2.05) is 18.2 Å². The third-order valence-electron chi connectivity index (χ3n) is 3.80. The van der Waals surface area contributed by atoms with E-state index in [1.165, 1.54) is 9.36 Å². The number of hydrogen-bond donors (Lipinski definition) is 0. The number of nitrogens with zero attached hydrogens (tertiary/aromatic N) is 1. The first kappa shape index (κ1) is 16.5. The van der Waals surface area contributed by atoms with Gasteiger partial charge < -0.3 is 0 Å². The number of fused-ring (bicyclic) bond motifs is 1. The van der Waals surface area contributed by atoms with Gasteiger partial charge in [0, 0.05) is 0 Å². The van der Waals surface area contributed by atoms with E-state index in [-0.39, 0.29) is 26.8 Å². The van der Waals surface area contributed by atoms with Gasteiger partial charge in [-0.05, 0) is 0 Å². The summed E-state index contributed by atoms with van der Waals surface area (Å²) in [5.41, 5.74) is 1.04. The van der Waals surface area contributed by atoms with Crippen molar-refractivity contribution in [1.29, 1.82) is 0 Å². The third kappa shape index (κ3) is 3.76. The topological polar surface area (TPSA) is 37.4 Å². The van der Waals surface area contributed by atoms with Gasteiger partial charge in [-0.15, -0.1) is 0 Å². The molecule has 0 aromatic heterocycles. The van der Waals surface area contributed by atoms with Crippen LogP contribution in [0.1, 0.15) is 40.0 Å². The number of unbranched alkanes of at least 4 members (excludes halogenated alkanes) is 2. The van der Waals surface area contributed by atoms with Crippen LogP contribution in [0.5, 0.6) is 0 Å². The minimum absolute atomic E-state index is 0.172. The zero-order valence-corrected chi connectivity index (χ0v) is 14.9. The van der Waals surface area contributed by atoms with Crippen LogP contribution in [0.15, 0.2) is 54.6 Å². The normalized spacial score (nSPS) is 12.8. The predicted molar refractivity (Wildman–Crippen MR) is 95.3 cm³/mol. The summed E-state index contributed by atoms with van der Waals surface area (Å²) >= 11 is 0.198. The Bertz CT molecular complexity index is 770. The van der Waals surface area contributed by atoms with E-state index in [2.05, 4.69) is 22.9 Å². The van der Waals surface area contributed by atoms with Gasteiger partial charge in [0.25, 0.3) is 0 Å². The molecule has 3 nitrogen and oxygen atoms in total. The fourth-order valence-corrected chi connectivity index (χ4v) is 3.79. The Hall–Kier alpha value is -2.34. The Labute approximate surface area is 148 Å². The molecule has 0 aliphatic carbocycles. The van der Waals surface area contributed by atoms with Crippen LogP contribution in [0.25, 0.3) is 0 Å². The number of rotatable bonds is 5. The fraction of sp³-hybridized carbons (Fsp3) is 0.200. The van der Waals surface area contributed by atoms with Crippen molar-refractivity contribution >= 4 is 31.2 Å². The van der Waals surface area contributed by atoms with Crippen LogP contribution in [-0.4, -0.2) is 38.2 Å². The van der Waals surface area contributed by atoms with Gasteiger partial charge in [-0.1, -0.05) is 0 Å². The van der Waals surface area contributed by atoms with Gasteiger partial charge in [-0.3, -0.25) is 0 Å². The van der Waals surface area contributed by atoms with Gasteiger partial charge in [0.05, 0.1) is 0 Å². The predicted octanol–water partition coefficient (Wildman–Crippen LogP) is 2.44. The van der Waals surface area contributed by atoms with E-state index in [0.717, 1.165) is 19.3 Å². The second-order valence-electron chi connectivity index (χ2n) is 5.46. The number of amides is 2. The molecule has 0 saturated heterocycles. The van der Waals surface area contributed by atoms with Crippen LogP contribution in [0.2, 0.25) is 0 Å². The van der Waals surface area contributed by atoms with E-state index in [1.54, 1.807) is 24.3 Å². The molecule has 0 spiro atoms. The molecule has 0 atom stereocenters. The molecule has 1 heterocycles. The summed E-state index contributed by atoms with van der Waals surface area (Å²) in [6, 6.07) is 17.3. The Balaban J connectivity index is 1.42. The molecule has 1 aliphatic heterocycles. The van der Waals surface area contributed by atoms with Crippen LogP contribution in [-0.2, 0) is 0 Å². The standard InChI is InChI=1S/C20H17NO2Se/c22-19-17-12-6-7-13-18(17)20(23)21(19)14-8-1-2-9-15-24-16-10-4-3-5-11-16/h3-7,10-13H,1-2,8,14H2. The molecule has 0 bridgehead atoms. The maximum absolute atomic E-state index is 12.2. The van der Waals surface area contributed by atoms with Crippen molar-refractivity contribution in [2.45, 2.75) is 19.3 Å². The van der Waals surface area contributed by atoms with Gasteiger partial charge in [0.1, 0.15) is 0 Å². The zero-order chi connectivity index (χ0) is 16.8. The Morgan fingerprint density at radius 2 is 1.46 bits per heavy atom. The summed E-state index contributed by atoms with van der Waals surface area (Å²) in [6.45, 7) is 0.470. The Morgan fingerprint density at radius 1 is 0.833 bits per heavy atom. The molecule has 120 valence electrons. The summed E-state index contributed by atoms with van der Waals surface area (Å²) in [5, 5.41) is 0. The Kier molecular flexibility index (Phi) is 5.48. The Morgan fingerprint density at radius 3 is 2.12 bits per heavy atom. The van der Waals surface area contributed by atoms with Crippen molar-refractivity contribution in [1.82, 2.24) is 4.90 Å². The van der Waals surface area contributed by atoms with Crippen molar-refractivity contribution in [2.75, 3.05) is 6.54 Å². The van der Waals surface area contributed by atoms with Gasteiger partial charge in [-0.25, -0.2) is 0 Å². The fourth-order valence-electron chi connectivity index (χ4n) is 2.56. The average Bonchev–Trinajstić information content (AvgIpc) is 2.87. The number of imide groups is 1. The van der Waals surface area contributed by atoms with Crippen molar-refractivity contribution in [3.05, 3.63) is 65.7 Å². The second kappa shape index (κ2) is 7.97. The summed E-state index contributed by atoms with van der Waals surface area (Å²) in [6.07, 6.45) is 2.49. The summed E-state index contributed by atoms with van der Waals surface area (Å²) in [5.74, 6) is 2.84. The summed E-state index contributed by atoms with van der Waals surface area (Å²) in [7, 11) is 0. The number of benzene rings is 2. The molecule has 4 heteroatoms. The zero-order valence-electron chi connectivity index (χ0n) is 13.2. The average molecular weight is 382 g/mol. The van der Waals surface area contributed by atoms with E-state index < -0.39 is 0 Å². The van der Waals surface area contributed by atoms with E-state index in [9.17, 15) is 9.59 Å². The number of carbonyl (C=O) groups is 2. The summed E-state index contributed by atoms with van der Waals surface area (Å²) in [4.78, 5) is 29.0. The van der Waals surface area contributed by atoms with Crippen LogP contribution in [0, 0.1) is 10.7 Å². The molecular weight excluding hydrogens is 365 g/mol. The number of hydrogen-bond acceptors (Lipinski definition) is 2. The molecule has 2 aromatic carbocycles. The van der Waals surface area contributed by atoms with E-state index >= 15 is 0 Å². The van der Waals surface area contributed by atoms with Crippen LogP contribution in [0.4, 0.5) is 0 Å². The van der Waals surface area contributed by atoms with Crippen LogP contribution in [0.3, 0.4) is 0 Å². The van der Waals surface area contributed by atoms with Gasteiger partial charge in [-0.2, -0.15) is 0 Å². The third-order valence-corrected chi connectivity index (χ3v) is 5.38. The quantitative estimate of drug-likeness (QED) is 0.345. The molecule has 1 aliphatic rings. The monoisotopic (exact) mass is 383 g/mol. The molecule has 0 N–H and O–H groups in total. The van der Waals surface area contributed by atoms with Crippen LogP contribution >= 0.6 is 0 Å². The summed E-state index contributed by atoms with van der Waals surface area (Å²) < 4.78 is 1.28. The molecule has 0 radical (unpaired) electrons. The van der Waals surface area contributed by atoms with Gasteiger partial charge in [0.2, 0.25) is 0 Å². The minimum atomic E-state index is -0.172. The SMILES string of the molecule is O=C1c2ccccc2C(=O)N1CCCCC#C[Se]c1ccccc1. The molecule has 0 fully saturated rings. The first-order valence-electron chi connectivity index (χ1n) is 7.92. The second-order valence-corrected chi connectivity index (χ2v) is 7.30. The number of carbonyl (C=O) groups excluding carboxylic acids is 2. The van der Waals surface area contributed by atoms with Crippen molar-refractivity contribution < 1.29 is 9.59 Å². The van der Waals surface area contributed by atoms with E-state index in [4.69, 9.17) is 0 Å². The van der Waals surface area contributed by atoms with Crippen molar-refractivity contribution in [3.8, 4) is 10.7 Å².